The van der Waals surface area contributed by atoms with Crippen molar-refractivity contribution >= 4 is 22.6 Å². The summed E-state index contributed by atoms with van der Waals surface area (Å²) in [6.07, 6.45) is 3.12. The van der Waals surface area contributed by atoms with Crippen LogP contribution in [0.1, 0.15) is 18.4 Å². The normalized spacial score (nSPS) is 18.7. The molecule has 0 saturated carbocycles. The molecule has 0 unspecified atom stereocenters. The predicted molar refractivity (Wildman–Crippen MR) is 112 cm³/mol. The topological polar surface area (TPSA) is 108 Å². The number of imidazole rings is 1. The smallest absolute Gasteiger partial charge is 0.227 e. The lowest BCUT2D eigenvalue weighted by molar-refractivity contribution is -0.122. The molecule has 9 heteroatoms. The SMILES string of the molecule is O=C(Nc1cn[nH]c1-c1nc2ccc(CN3CCOCC3)cc2[nH]1)C1CCOCC1. The molecule has 0 atom stereocenters. The van der Waals surface area contributed by atoms with Crippen molar-refractivity contribution < 1.29 is 14.3 Å². The van der Waals surface area contributed by atoms with Gasteiger partial charge >= 0.3 is 0 Å². The monoisotopic (exact) mass is 410 g/mol. The molecule has 2 aliphatic heterocycles. The Bertz CT molecular complexity index is 1020. The molecule has 0 spiro atoms. The number of ether oxygens (including phenoxy) is 2. The highest BCUT2D eigenvalue weighted by Crippen LogP contribution is 2.27. The van der Waals surface area contributed by atoms with Crippen molar-refractivity contribution in [2.45, 2.75) is 19.4 Å². The Morgan fingerprint density at radius 3 is 2.80 bits per heavy atom. The Labute approximate surface area is 174 Å². The van der Waals surface area contributed by atoms with Crippen LogP contribution < -0.4 is 5.32 Å². The number of hydrogen-bond donors (Lipinski definition) is 3. The maximum atomic E-state index is 12.6. The van der Waals surface area contributed by atoms with Gasteiger partial charge in [-0.05, 0) is 30.5 Å². The van der Waals surface area contributed by atoms with Crippen LogP contribution in [0.5, 0.6) is 0 Å². The van der Waals surface area contributed by atoms with Gasteiger partial charge < -0.3 is 19.8 Å². The quantitative estimate of drug-likeness (QED) is 0.595. The fraction of sp³-hybridized carbons (Fsp3) is 0.476. The van der Waals surface area contributed by atoms with Crippen molar-refractivity contribution in [1.82, 2.24) is 25.1 Å². The van der Waals surface area contributed by atoms with Crippen LogP contribution in [0, 0.1) is 5.92 Å². The number of nitrogens with zero attached hydrogens (tertiary/aromatic N) is 3. The van der Waals surface area contributed by atoms with E-state index < -0.39 is 0 Å². The summed E-state index contributed by atoms with van der Waals surface area (Å²) >= 11 is 0. The molecule has 2 saturated heterocycles. The Balaban J connectivity index is 1.33. The lowest BCUT2D eigenvalue weighted by Crippen LogP contribution is -2.35. The number of anilines is 1. The summed E-state index contributed by atoms with van der Waals surface area (Å²) < 4.78 is 10.8. The van der Waals surface area contributed by atoms with Crippen molar-refractivity contribution in [1.29, 1.82) is 0 Å². The maximum absolute atomic E-state index is 12.6. The number of hydrogen-bond acceptors (Lipinski definition) is 6. The molecule has 4 heterocycles. The average Bonchev–Trinajstić information content (AvgIpc) is 3.41. The van der Waals surface area contributed by atoms with Crippen LogP contribution in [-0.4, -0.2) is 70.5 Å². The number of amides is 1. The lowest BCUT2D eigenvalue weighted by atomic mass is 9.99. The average molecular weight is 410 g/mol. The van der Waals surface area contributed by atoms with E-state index in [-0.39, 0.29) is 11.8 Å². The van der Waals surface area contributed by atoms with Gasteiger partial charge in [-0.25, -0.2) is 4.98 Å². The van der Waals surface area contributed by atoms with Gasteiger partial charge in [-0.15, -0.1) is 0 Å². The van der Waals surface area contributed by atoms with Gasteiger partial charge in [0, 0.05) is 38.8 Å². The molecule has 0 bridgehead atoms. The third-order valence-corrected chi connectivity index (χ3v) is 5.78. The number of H-pyrrole nitrogens is 2. The Kier molecular flexibility index (Phi) is 5.48. The number of rotatable bonds is 5. The van der Waals surface area contributed by atoms with Gasteiger partial charge in [-0.1, -0.05) is 6.07 Å². The fourth-order valence-electron chi connectivity index (χ4n) is 4.05. The zero-order valence-corrected chi connectivity index (χ0v) is 16.8. The highest BCUT2D eigenvalue weighted by atomic mass is 16.5. The van der Waals surface area contributed by atoms with Crippen LogP contribution in [-0.2, 0) is 20.8 Å². The summed E-state index contributed by atoms with van der Waals surface area (Å²) in [4.78, 5) is 23.1. The van der Waals surface area contributed by atoms with Crippen molar-refractivity contribution in [3.8, 4) is 11.5 Å². The van der Waals surface area contributed by atoms with Crippen LogP contribution >= 0.6 is 0 Å². The summed E-state index contributed by atoms with van der Waals surface area (Å²) in [6.45, 7) is 5.65. The third-order valence-electron chi connectivity index (χ3n) is 5.78. The van der Waals surface area contributed by atoms with Gasteiger partial charge in [0.25, 0.3) is 0 Å². The maximum Gasteiger partial charge on any atom is 0.227 e. The van der Waals surface area contributed by atoms with E-state index in [2.05, 4.69) is 37.5 Å². The van der Waals surface area contributed by atoms with E-state index in [4.69, 9.17) is 14.5 Å². The van der Waals surface area contributed by atoms with E-state index in [1.54, 1.807) is 6.20 Å². The second-order valence-corrected chi connectivity index (χ2v) is 7.86. The molecule has 9 nitrogen and oxygen atoms in total. The first-order valence-electron chi connectivity index (χ1n) is 10.5. The Morgan fingerprint density at radius 2 is 1.97 bits per heavy atom. The Morgan fingerprint density at radius 1 is 1.17 bits per heavy atom. The van der Waals surface area contributed by atoms with Crippen molar-refractivity contribution in [3.63, 3.8) is 0 Å². The third kappa shape index (κ3) is 4.09. The standard InChI is InChI=1S/C21H26N6O3/c28-21(15-3-7-29-8-4-15)25-18-12-22-26-19(18)20-23-16-2-1-14(11-17(16)24-20)13-27-5-9-30-10-6-27/h1-2,11-12,15H,3-10,13H2,(H,22,26)(H,23,24)(H,25,28). The highest BCUT2D eigenvalue weighted by Gasteiger charge is 2.23. The summed E-state index contributed by atoms with van der Waals surface area (Å²) in [7, 11) is 0. The second-order valence-electron chi connectivity index (χ2n) is 7.86. The van der Waals surface area contributed by atoms with Crippen LogP contribution in [0.4, 0.5) is 5.69 Å². The molecule has 3 aromatic rings. The minimum absolute atomic E-state index is 0.00450. The summed E-state index contributed by atoms with van der Waals surface area (Å²) in [5.41, 5.74) is 4.40. The second kappa shape index (κ2) is 8.55. The predicted octanol–water partition coefficient (Wildman–Crippen LogP) is 2.15. The van der Waals surface area contributed by atoms with E-state index in [0.717, 1.165) is 56.7 Å². The van der Waals surface area contributed by atoms with Gasteiger partial charge in [0.1, 0.15) is 5.69 Å². The highest BCUT2D eigenvalue weighted by molar-refractivity contribution is 5.96. The van der Waals surface area contributed by atoms with Crippen LogP contribution in [0.3, 0.4) is 0 Å². The van der Waals surface area contributed by atoms with Gasteiger partial charge in [-0.2, -0.15) is 5.10 Å². The molecule has 3 N–H and O–H groups in total. The molecule has 0 radical (unpaired) electrons. The molecule has 30 heavy (non-hydrogen) atoms. The van der Waals surface area contributed by atoms with Gasteiger partial charge in [0.05, 0.1) is 36.1 Å². The molecule has 2 fully saturated rings. The number of benzene rings is 1. The van der Waals surface area contributed by atoms with Crippen LogP contribution in [0.15, 0.2) is 24.4 Å². The molecule has 1 amide bonds. The molecular formula is C21H26N6O3. The van der Waals surface area contributed by atoms with Crippen LogP contribution in [0.2, 0.25) is 0 Å². The number of fused-ring (bicyclic) bond motifs is 1. The van der Waals surface area contributed by atoms with E-state index in [9.17, 15) is 4.79 Å². The van der Waals surface area contributed by atoms with Crippen molar-refractivity contribution in [2.24, 2.45) is 5.92 Å². The molecule has 2 aliphatic rings. The molecule has 158 valence electrons. The van der Waals surface area contributed by atoms with E-state index in [1.165, 1.54) is 5.56 Å². The number of carbonyl (C=O) groups excluding carboxylic acids is 1. The zero-order valence-electron chi connectivity index (χ0n) is 16.8. The van der Waals surface area contributed by atoms with Crippen molar-refractivity contribution in [2.75, 3.05) is 44.8 Å². The lowest BCUT2D eigenvalue weighted by Gasteiger charge is -2.26. The molecular weight excluding hydrogens is 384 g/mol. The molecule has 1 aromatic carbocycles. The fourth-order valence-corrected chi connectivity index (χ4v) is 4.05. The Hall–Kier alpha value is -2.75. The number of nitrogens with one attached hydrogen (secondary N) is 3. The summed E-state index contributed by atoms with van der Waals surface area (Å²) in [5.74, 6) is 0.637. The first kappa shape index (κ1) is 19.2. The number of morpholine rings is 1. The van der Waals surface area contributed by atoms with Gasteiger partial charge in [0.15, 0.2) is 5.82 Å². The summed E-state index contributed by atoms with van der Waals surface area (Å²) in [5, 5.41) is 10.1. The molecule has 0 aliphatic carbocycles. The molecule has 5 rings (SSSR count). The first-order chi connectivity index (χ1) is 14.8. The van der Waals surface area contributed by atoms with Gasteiger partial charge in [-0.3, -0.25) is 14.8 Å². The minimum atomic E-state index is -0.0279. The largest absolute Gasteiger partial charge is 0.381 e. The van der Waals surface area contributed by atoms with Crippen molar-refractivity contribution in [3.05, 3.63) is 30.0 Å². The molecule has 2 aromatic heterocycles. The number of aromatic nitrogens is 4. The van der Waals surface area contributed by atoms with E-state index in [0.29, 0.717) is 30.4 Å². The first-order valence-corrected chi connectivity index (χ1v) is 10.5. The van der Waals surface area contributed by atoms with Gasteiger partial charge in [0.2, 0.25) is 5.91 Å². The van der Waals surface area contributed by atoms with Crippen LogP contribution in [0.25, 0.3) is 22.6 Å². The van der Waals surface area contributed by atoms with E-state index in [1.807, 2.05) is 6.07 Å². The number of carbonyl (C=O) groups is 1. The number of aromatic amines is 2. The summed E-state index contributed by atoms with van der Waals surface area (Å²) in [6, 6.07) is 6.28. The minimum Gasteiger partial charge on any atom is -0.381 e. The van der Waals surface area contributed by atoms with E-state index >= 15 is 0 Å². The zero-order chi connectivity index (χ0) is 20.3.